The summed E-state index contributed by atoms with van der Waals surface area (Å²) in [5, 5.41) is 6.61. The average Bonchev–Trinajstić information content (AvgIpc) is 3.08. The maximum absolute atomic E-state index is 13.2. The molecule has 0 aliphatic carbocycles. The van der Waals surface area contributed by atoms with Gasteiger partial charge >= 0.3 is 6.18 Å². The molecule has 0 aliphatic rings. The third-order valence-corrected chi connectivity index (χ3v) is 3.68. The summed E-state index contributed by atoms with van der Waals surface area (Å²) in [5.41, 5.74) is 1.88. The number of aromatic nitrogens is 4. The molecule has 0 spiro atoms. The number of alkyl halides is 3. The summed E-state index contributed by atoms with van der Waals surface area (Å²) in [6, 6.07) is 5.63. The Balaban J connectivity index is 1.83. The van der Waals surface area contributed by atoms with Gasteiger partial charge in [-0.1, -0.05) is 6.07 Å². The first kappa shape index (κ1) is 15.4. The third kappa shape index (κ3) is 2.88. The zero-order chi connectivity index (χ0) is 16.6. The van der Waals surface area contributed by atoms with E-state index in [2.05, 4.69) is 15.4 Å². The van der Waals surface area contributed by atoms with Gasteiger partial charge in [-0.05, 0) is 24.6 Å². The fourth-order valence-corrected chi connectivity index (χ4v) is 2.54. The van der Waals surface area contributed by atoms with Crippen LogP contribution in [0.3, 0.4) is 0 Å². The molecule has 0 saturated heterocycles. The van der Waals surface area contributed by atoms with Crippen LogP contribution in [-0.4, -0.2) is 19.3 Å². The maximum Gasteiger partial charge on any atom is 0.435 e. The lowest BCUT2D eigenvalue weighted by Crippen LogP contribution is -2.16. The number of aryl methyl sites for hydroxylation is 2. The van der Waals surface area contributed by atoms with Gasteiger partial charge in [0.1, 0.15) is 0 Å². The van der Waals surface area contributed by atoms with E-state index >= 15 is 0 Å². The number of nitrogens with one attached hydrogen (secondary N) is 1. The Morgan fingerprint density at radius 3 is 2.74 bits per heavy atom. The fraction of sp³-hybridized carbons (Fsp3) is 0.333. The van der Waals surface area contributed by atoms with Gasteiger partial charge in [0.25, 0.3) is 0 Å². The van der Waals surface area contributed by atoms with Crippen LogP contribution in [0.4, 0.5) is 18.9 Å². The highest BCUT2D eigenvalue weighted by Crippen LogP contribution is 2.35. The Morgan fingerprint density at radius 1 is 1.26 bits per heavy atom. The van der Waals surface area contributed by atoms with Crippen LogP contribution in [0.15, 0.2) is 30.7 Å². The highest BCUT2D eigenvalue weighted by atomic mass is 19.4. The highest BCUT2D eigenvalue weighted by molar-refractivity contribution is 5.76. The summed E-state index contributed by atoms with van der Waals surface area (Å²) >= 11 is 0. The van der Waals surface area contributed by atoms with Gasteiger partial charge in [-0.3, -0.25) is 4.68 Å². The van der Waals surface area contributed by atoms with Crippen molar-refractivity contribution in [2.24, 2.45) is 7.05 Å². The quantitative estimate of drug-likeness (QED) is 0.800. The van der Waals surface area contributed by atoms with Crippen molar-refractivity contribution in [1.82, 2.24) is 19.3 Å². The fourth-order valence-electron chi connectivity index (χ4n) is 2.54. The topological polar surface area (TPSA) is 47.7 Å². The molecule has 0 atom stereocenters. The van der Waals surface area contributed by atoms with E-state index in [9.17, 15) is 13.2 Å². The summed E-state index contributed by atoms with van der Waals surface area (Å²) in [6.45, 7) is 2.06. The van der Waals surface area contributed by atoms with E-state index in [0.717, 1.165) is 21.3 Å². The van der Waals surface area contributed by atoms with Crippen molar-refractivity contribution < 1.29 is 13.2 Å². The number of halogens is 3. The molecule has 122 valence electrons. The molecule has 0 bridgehead atoms. The maximum atomic E-state index is 13.2. The zero-order valence-corrected chi connectivity index (χ0v) is 12.7. The molecular weight excluding hydrogens is 307 g/mol. The van der Waals surface area contributed by atoms with Gasteiger partial charge in [0.2, 0.25) is 0 Å². The van der Waals surface area contributed by atoms with Gasteiger partial charge in [0.15, 0.2) is 5.69 Å². The minimum absolute atomic E-state index is 0.0135. The van der Waals surface area contributed by atoms with Crippen molar-refractivity contribution in [1.29, 1.82) is 0 Å². The van der Waals surface area contributed by atoms with Gasteiger partial charge < -0.3 is 9.88 Å². The van der Waals surface area contributed by atoms with Crippen LogP contribution >= 0.6 is 0 Å². The number of nitrogens with zero attached hydrogens (tertiary/aromatic N) is 4. The number of anilines is 1. The minimum Gasteiger partial charge on any atom is -0.378 e. The summed E-state index contributed by atoms with van der Waals surface area (Å²) in [5.74, 6) is 0. The molecule has 0 saturated carbocycles. The summed E-state index contributed by atoms with van der Waals surface area (Å²) in [7, 11) is 1.89. The van der Waals surface area contributed by atoms with Crippen molar-refractivity contribution in [3.8, 4) is 0 Å². The van der Waals surface area contributed by atoms with Gasteiger partial charge in [0.05, 0.1) is 29.2 Å². The number of imidazole rings is 1. The SMILES string of the molecule is CCn1ncc(NCc2ccc3c(c2)ncn3C)c1C(F)(F)F. The monoisotopic (exact) mass is 323 g/mol. The van der Waals surface area contributed by atoms with E-state index in [-0.39, 0.29) is 18.8 Å². The summed E-state index contributed by atoms with van der Waals surface area (Å²) < 4.78 is 42.3. The Kier molecular flexibility index (Phi) is 3.75. The van der Waals surface area contributed by atoms with Crippen molar-refractivity contribution >= 4 is 16.7 Å². The molecule has 0 aliphatic heterocycles. The average molecular weight is 323 g/mol. The predicted molar refractivity (Wildman–Crippen MR) is 80.9 cm³/mol. The lowest BCUT2D eigenvalue weighted by Gasteiger charge is -2.12. The van der Waals surface area contributed by atoms with E-state index in [1.54, 1.807) is 13.3 Å². The number of rotatable bonds is 4. The molecule has 0 amide bonds. The second-order valence-corrected chi connectivity index (χ2v) is 5.25. The van der Waals surface area contributed by atoms with Crippen molar-refractivity contribution in [2.45, 2.75) is 26.2 Å². The standard InChI is InChI=1S/C15H16F3N5/c1-3-23-14(15(16,17)18)12(8-21-23)19-7-10-4-5-13-11(6-10)20-9-22(13)2/h4-6,8-9,19H,3,7H2,1-2H3. The van der Waals surface area contributed by atoms with Crippen molar-refractivity contribution in [3.05, 3.63) is 42.0 Å². The Labute approximate surface area is 130 Å². The van der Waals surface area contributed by atoms with E-state index < -0.39 is 11.9 Å². The molecule has 2 aromatic heterocycles. The third-order valence-electron chi connectivity index (χ3n) is 3.68. The second kappa shape index (κ2) is 5.60. The summed E-state index contributed by atoms with van der Waals surface area (Å²) in [6.07, 6.45) is -1.53. The van der Waals surface area contributed by atoms with Gasteiger partial charge in [0, 0.05) is 20.1 Å². The van der Waals surface area contributed by atoms with E-state index in [0.29, 0.717) is 0 Å². The number of benzene rings is 1. The van der Waals surface area contributed by atoms with Gasteiger partial charge in [-0.15, -0.1) is 0 Å². The molecule has 2 heterocycles. The number of hydrogen-bond acceptors (Lipinski definition) is 3. The zero-order valence-electron chi connectivity index (χ0n) is 12.7. The number of hydrogen-bond donors (Lipinski definition) is 1. The molecule has 3 rings (SSSR count). The first-order valence-corrected chi connectivity index (χ1v) is 7.17. The van der Waals surface area contributed by atoms with E-state index in [4.69, 9.17) is 0 Å². The molecule has 0 unspecified atom stereocenters. The predicted octanol–water partition coefficient (Wildman–Crippen LogP) is 3.42. The Hall–Kier alpha value is -2.51. The van der Waals surface area contributed by atoms with Crippen LogP contribution in [-0.2, 0) is 26.3 Å². The van der Waals surface area contributed by atoms with Crippen LogP contribution in [0, 0.1) is 0 Å². The van der Waals surface area contributed by atoms with Gasteiger partial charge in [-0.2, -0.15) is 18.3 Å². The molecular formula is C15H16F3N5. The van der Waals surface area contributed by atoms with Crippen LogP contribution in [0.2, 0.25) is 0 Å². The normalized spacial score (nSPS) is 12.0. The first-order chi connectivity index (χ1) is 10.9. The molecule has 0 radical (unpaired) electrons. The van der Waals surface area contributed by atoms with E-state index in [1.165, 1.54) is 6.20 Å². The molecule has 3 aromatic rings. The number of fused-ring (bicyclic) bond motifs is 1. The smallest absolute Gasteiger partial charge is 0.378 e. The molecule has 1 N–H and O–H groups in total. The van der Waals surface area contributed by atoms with E-state index in [1.807, 2.05) is 29.8 Å². The molecule has 0 fully saturated rings. The molecule has 8 heteroatoms. The lowest BCUT2D eigenvalue weighted by atomic mass is 10.2. The molecule has 23 heavy (non-hydrogen) atoms. The molecule has 5 nitrogen and oxygen atoms in total. The van der Waals surface area contributed by atoms with Crippen LogP contribution < -0.4 is 5.32 Å². The Bertz CT molecular complexity index is 831. The Morgan fingerprint density at radius 2 is 2.04 bits per heavy atom. The van der Waals surface area contributed by atoms with Crippen LogP contribution in [0.1, 0.15) is 18.2 Å². The summed E-state index contributed by atoms with van der Waals surface area (Å²) in [4.78, 5) is 4.25. The van der Waals surface area contributed by atoms with Gasteiger partial charge in [-0.25, -0.2) is 4.98 Å². The van der Waals surface area contributed by atoms with Crippen LogP contribution in [0.25, 0.3) is 11.0 Å². The largest absolute Gasteiger partial charge is 0.435 e. The second-order valence-electron chi connectivity index (χ2n) is 5.25. The lowest BCUT2D eigenvalue weighted by molar-refractivity contribution is -0.143. The highest BCUT2D eigenvalue weighted by Gasteiger charge is 2.38. The first-order valence-electron chi connectivity index (χ1n) is 7.17. The molecule has 1 aromatic carbocycles. The minimum atomic E-state index is -4.44. The van der Waals surface area contributed by atoms with Crippen molar-refractivity contribution in [2.75, 3.05) is 5.32 Å². The van der Waals surface area contributed by atoms with Crippen molar-refractivity contribution in [3.63, 3.8) is 0 Å². The van der Waals surface area contributed by atoms with Crippen LogP contribution in [0.5, 0.6) is 0 Å².